The van der Waals surface area contributed by atoms with Crippen molar-refractivity contribution in [3.05, 3.63) is 53.3 Å². The molecule has 0 aliphatic rings. The van der Waals surface area contributed by atoms with Gasteiger partial charge in [0.1, 0.15) is 17.4 Å². The van der Waals surface area contributed by atoms with Crippen LogP contribution in [-0.4, -0.2) is 18.8 Å². The van der Waals surface area contributed by atoms with E-state index in [9.17, 15) is 4.79 Å². The smallest absolute Gasteiger partial charge is 0.408 e. The lowest BCUT2D eigenvalue weighted by atomic mass is 10.0. The molecule has 23 heavy (non-hydrogen) atoms. The van der Waals surface area contributed by atoms with Crippen molar-refractivity contribution in [3.63, 3.8) is 0 Å². The highest BCUT2D eigenvalue weighted by Crippen LogP contribution is 2.28. The summed E-state index contributed by atoms with van der Waals surface area (Å²) in [5.41, 5.74) is 1.44. The molecule has 1 heterocycles. The number of methoxy groups -OCH3 is 1. The molecular formula is C18H23NO4. The van der Waals surface area contributed by atoms with E-state index in [1.165, 1.54) is 7.11 Å². The standard InChI is InChI=1S/C18H23NO4/c1-12-7-6-8-13(11-12)16(14-9-10-15(21-5)22-14)19-17(20)23-18(2,3)4/h6-11,16H,1-5H3,(H,19,20). The number of furan rings is 1. The molecule has 5 heteroatoms. The van der Waals surface area contributed by atoms with Crippen molar-refractivity contribution >= 4 is 6.09 Å². The number of rotatable bonds is 4. The molecule has 0 aliphatic heterocycles. The number of carbonyl (C=O) groups is 1. The van der Waals surface area contributed by atoms with E-state index >= 15 is 0 Å². The number of benzene rings is 1. The maximum absolute atomic E-state index is 12.2. The summed E-state index contributed by atoms with van der Waals surface area (Å²) >= 11 is 0. The van der Waals surface area contributed by atoms with Crippen molar-refractivity contribution in [2.24, 2.45) is 0 Å². The first kappa shape index (κ1) is 16.9. The van der Waals surface area contributed by atoms with Crippen molar-refractivity contribution < 1.29 is 18.7 Å². The van der Waals surface area contributed by atoms with Gasteiger partial charge in [0, 0.05) is 6.07 Å². The van der Waals surface area contributed by atoms with Crippen LogP contribution in [0.1, 0.15) is 43.7 Å². The molecule has 1 aromatic heterocycles. The first-order chi connectivity index (χ1) is 10.8. The number of alkyl carbamates (subject to hydrolysis) is 1. The van der Waals surface area contributed by atoms with Crippen LogP contribution in [0.15, 0.2) is 40.8 Å². The molecule has 0 spiro atoms. The Hall–Kier alpha value is -2.43. The summed E-state index contributed by atoms with van der Waals surface area (Å²) in [5, 5.41) is 2.86. The highest BCUT2D eigenvalue weighted by Gasteiger charge is 2.24. The molecule has 1 amide bonds. The fourth-order valence-corrected chi connectivity index (χ4v) is 2.19. The van der Waals surface area contributed by atoms with Gasteiger partial charge in [-0.05, 0) is 39.3 Å². The molecule has 0 saturated heterocycles. The third-order valence-electron chi connectivity index (χ3n) is 3.12. The van der Waals surface area contributed by atoms with Crippen LogP contribution in [0.4, 0.5) is 4.79 Å². The van der Waals surface area contributed by atoms with Crippen molar-refractivity contribution in [3.8, 4) is 5.95 Å². The molecule has 0 radical (unpaired) electrons. The molecule has 0 fully saturated rings. The maximum Gasteiger partial charge on any atom is 0.408 e. The first-order valence-electron chi connectivity index (χ1n) is 7.48. The Balaban J connectivity index is 2.30. The van der Waals surface area contributed by atoms with Crippen molar-refractivity contribution in [2.75, 3.05) is 7.11 Å². The van der Waals surface area contributed by atoms with Crippen LogP contribution < -0.4 is 10.1 Å². The van der Waals surface area contributed by atoms with Gasteiger partial charge in [0.25, 0.3) is 5.95 Å². The van der Waals surface area contributed by atoms with E-state index in [1.54, 1.807) is 12.1 Å². The van der Waals surface area contributed by atoms with Crippen molar-refractivity contribution in [1.82, 2.24) is 5.32 Å². The van der Waals surface area contributed by atoms with Gasteiger partial charge in [-0.25, -0.2) is 4.79 Å². The number of amides is 1. The van der Waals surface area contributed by atoms with E-state index in [1.807, 2.05) is 52.0 Å². The zero-order chi connectivity index (χ0) is 17.0. The molecule has 1 unspecified atom stereocenters. The van der Waals surface area contributed by atoms with Crippen LogP contribution in [0, 0.1) is 6.92 Å². The predicted molar refractivity (Wildman–Crippen MR) is 87.7 cm³/mol. The Bertz CT molecular complexity index is 670. The Morgan fingerprint density at radius 2 is 1.96 bits per heavy atom. The first-order valence-corrected chi connectivity index (χ1v) is 7.48. The molecule has 0 aliphatic carbocycles. The van der Waals surface area contributed by atoms with Crippen LogP contribution in [-0.2, 0) is 4.74 Å². The van der Waals surface area contributed by atoms with Crippen LogP contribution in [0.25, 0.3) is 0 Å². The second kappa shape index (κ2) is 6.77. The van der Waals surface area contributed by atoms with Gasteiger partial charge in [0.2, 0.25) is 0 Å². The van der Waals surface area contributed by atoms with Gasteiger partial charge in [-0.2, -0.15) is 0 Å². The molecule has 1 atom stereocenters. The molecule has 2 aromatic rings. The van der Waals surface area contributed by atoms with Gasteiger partial charge < -0.3 is 19.2 Å². The molecule has 1 aromatic carbocycles. The second-order valence-corrected chi connectivity index (χ2v) is 6.35. The Morgan fingerprint density at radius 3 is 2.52 bits per heavy atom. The van der Waals surface area contributed by atoms with Gasteiger partial charge in [0.15, 0.2) is 0 Å². The minimum Gasteiger partial charge on any atom is -0.468 e. The summed E-state index contributed by atoms with van der Waals surface area (Å²) in [6, 6.07) is 10.9. The molecule has 5 nitrogen and oxygen atoms in total. The topological polar surface area (TPSA) is 60.7 Å². The normalized spacial score (nSPS) is 12.6. The largest absolute Gasteiger partial charge is 0.468 e. The molecule has 2 rings (SSSR count). The number of carbonyl (C=O) groups excluding carboxylic acids is 1. The van der Waals surface area contributed by atoms with Gasteiger partial charge in [-0.3, -0.25) is 0 Å². The number of ether oxygens (including phenoxy) is 2. The summed E-state index contributed by atoms with van der Waals surface area (Å²) in [6.07, 6.45) is -0.501. The minimum absolute atomic E-state index is 0.392. The molecule has 0 bridgehead atoms. The highest BCUT2D eigenvalue weighted by molar-refractivity contribution is 5.69. The van der Waals surface area contributed by atoms with E-state index in [0.717, 1.165) is 11.1 Å². The highest BCUT2D eigenvalue weighted by atomic mass is 16.6. The summed E-state index contributed by atoms with van der Waals surface area (Å²) in [7, 11) is 1.53. The maximum atomic E-state index is 12.2. The third-order valence-corrected chi connectivity index (χ3v) is 3.12. The molecule has 1 N–H and O–H groups in total. The summed E-state index contributed by atoms with van der Waals surface area (Å²) in [4.78, 5) is 12.2. The molecule has 124 valence electrons. The fraction of sp³-hybridized carbons (Fsp3) is 0.389. The summed E-state index contributed by atoms with van der Waals surface area (Å²) < 4.78 is 16.1. The lowest BCUT2D eigenvalue weighted by molar-refractivity contribution is 0.0506. The lowest BCUT2D eigenvalue weighted by Gasteiger charge is -2.23. The van der Waals surface area contributed by atoms with E-state index in [-0.39, 0.29) is 0 Å². The van der Waals surface area contributed by atoms with E-state index in [0.29, 0.717) is 11.7 Å². The number of nitrogens with one attached hydrogen (secondary N) is 1. The molecule has 0 saturated carbocycles. The van der Waals surface area contributed by atoms with Crippen LogP contribution in [0.3, 0.4) is 0 Å². The number of hydrogen-bond donors (Lipinski definition) is 1. The van der Waals surface area contributed by atoms with Gasteiger partial charge >= 0.3 is 6.09 Å². The van der Waals surface area contributed by atoms with Crippen LogP contribution in [0.2, 0.25) is 0 Å². The SMILES string of the molecule is COc1ccc(C(NC(=O)OC(C)(C)C)c2cccc(C)c2)o1. The third kappa shape index (κ3) is 4.77. The van der Waals surface area contributed by atoms with Crippen molar-refractivity contribution in [2.45, 2.75) is 39.3 Å². The minimum atomic E-state index is -0.567. The number of hydrogen-bond acceptors (Lipinski definition) is 4. The monoisotopic (exact) mass is 317 g/mol. The van der Waals surface area contributed by atoms with Crippen LogP contribution in [0.5, 0.6) is 5.95 Å². The predicted octanol–water partition coefficient (Wildman–Crippen LogP) is 4.21. The van der Waals surface area contributed by atoms with E-state index in [4.69, 9.17) is 13.9 Å². The van der Waals surface area contributed by atoms with Crippen LogP contribution >= 0.6 is 0 Å². The molecular weight excluding hydrogens is 294 g/mol. The average molecular weight is 317 g/mol. The average Bonchev–Trinajstić information content (AvgIpc) is 2.91. The lowest BCUT2D eigenvalue weighted by Crippen LogP contribution is -2.35. The number of aryl methyl sites for hydroxylation is 1. The zero-order valence-corrected chi connectivity index (χ0v) is 14.2. The second-order valence-electron chi connectivity index (χ2n) is 6.35. The van der Waals surface area contributed by atoms with E-state index in [2.05, 4.69) is 5.32 Å². The Morgan fingerprint density at radius 1 is 1.22 bits per heavy atom. The van der Waals surface area contributed by atoms with Gasteiger partial charge in [0.05, 0.1) is 7.11 Å². The summed E-state index contributed by atoms with van der Waals surface area (Å²) in [5.74, 6) is 0.974. The van der Waals surface area contributed by atoms with Crippen molar-refractivity contribution in [1.29, 1.82) is 0 Å². The Labute approximate surface area is 136 Å². The fourth-order valence-electron chi connectivity index (χ4n) is 2.19. The summed E-state index contributed by atoms with van der Waals surface area (Å²) in [6.45, 7) is 7.47. The zero-order valence-electron chi connectivity index (χ0n) is 14.2. The quantitative estimate of drug-likeness (QED) is 0.917. The van der Waals surface area contributed by atoms with Gasteiger partial charge in [-0.1, -0.05) is 29.8 Å². The van der Waals surface area contributed by atoms with Gasteiger partial charge in [-0.15, -0.1) is 0 Å². The Kier molecular flexibility index (Phi) is 4.98. The van der Waals surface area contributed by atoms with E-state index < -0.39 is 17.7 Å².